The summed E-state index contributed by atoms with van der Waals surface area (Å²) in [5.74, 6) is -0.311. The molecule has 0 saturated heterocycles. The van der Waals surface area contributed by atoms with E-state index in [1.807, 2.05) is 54.6 Å². The Balaban J connectivity index is 1.93. The van der Waals surface area contributed by atoms with Gasteiger partial charge in [0.25, 0.3) is 0 Å². The van der Waals surface area contributed by atoms with Gasteiger partial charge in [0, 0.05) is 15.8 Å². The van der Waals surface area contributed by atoms with Crippen LogP contribution in [0.5, 0.6) is 0 Å². The Morgan fingerprint density at radius 1 is 1.25 bits per heavy atom. The van der Waals surface area contributed by atoms with Gasteiger partial charge in [-0.3, -0.25) is 4.79 Å². The third-order valence-electron chi connectivity index (χ3n) is 3.80. The fourth-order valence-corrected chi connectivity index (χ4v) is 2.92. The van der Waals surface area contributed by atoms with Crippen molar-refractivity contribution in [3.8, 4) is 0 Å². The SMILES string of the molecule is [N-]=[N+]=NCC(=O)N1N=C(c2ccc(Br)cc2)C[C@H]1c1ccccc1. The van der Waals surface area contributed by atoms with Gasteiger partial charge in [0.2, 0.25) is 5.91 Å². The van der Waals surface area contributed by atoms with E-state index in [-0.39, 0.29) is 18.5 Å². The summed E-state index contributed by atoms with van der Waals surface area (Å²) in [6, 6.07) is 17.4. The Labute approximate surface area is 147 Å². The molecule has 1 aliphatic rings. The average molecular weight is 384 g/mol. The number of amides is 1. The van der Waals surface area contributed by atoms with Crippen LogP contribution < -0.4 is 0 Å². The smallest absolute Gasteiger partial charge is 0.249 e. The van der Waals surface area contributed by atoms with Crippen LogP contribution in [0.3, 0.4) is 0 Å². The number of benzene rings is 2. The normalized spacial score (nSPS) is 16.5. The summed E-state index contributed by atoms with van der Waals surface area (Å²) in [4.78, 5) is 15.0. The first-order chi connectivity index (χ1) is 11.7. The maximum atomic E-state index is 12.4. The maximum Gasteiger partial charge on any atom is 0.249 e. The lowest BCUT2D eigenvalue weighted by Gasteiger charge is -2.21. The molecule has 0 unspecified atom stereocenters. The molecule has 0 aromatic heterocycles. The van der Waals surface area contributed by atoms with Gasteiger partial charge in [-0.25, -0.2) is 5.01 Å². The Bertz CT molecular complexity index is 813. The first-order valence-electron chi connectivity index (χ1n) is 7.40. The van der Waals surface area contributed by atoms with E-state index in [0.29, 0.717) is 6.42 Å². The Hall–Kier alpha value is -2.63. The molecule has 7 heteroatoms. The summed E-state index contributed by atoms with van der Waals surface area (Å²) in [6.45, 7) is -0.239. The van der Waals surface area contributed by atoms with E-state index in [2.05, 4.69) is 31.1 Å². The molecule has 3 rings (SSSR count). The highest BCUT2D eigenvalue weighted by Gasteiger charge is 2.32. The highest BCUT2D eigenvalue weighted by Crippen LogP contribution is 2.32. The van der Waals surface area contributed by atoms with Crippen LogP contribution in [0.15, 0.2) is 69.3 Å². The van der Waals surface area contributed by atoms with Crippen LogP contribution in [0.2, 0.25) is 0 Å². The van der Waals surface area contributed by atoms with Crippen molar-refractivity contribution in [2.24, 2.45) is 10.2 Å². The number of carbonyl (C=O) groups is 1. The van der Waals surface area contributed by atoms with Gasteiger partial charge in [-0.2, -0.15) is 5.10 Å². The molecule has 24 heavy (non-hydrogen) atoms. The van der Waals surface area contributed by atoms with Crippen molar-refractivity contribution >= 4 is 27.5 Å². The van der Waals surface area contributed by atoms with E-state index < -0.39 is 0 Å². The quantitative estimate of drug-likeness (QED) is 0.436. The van der Waals surface area contributed by atoms with Gasteiger partial charge in [-0.1, -0.05) is 63.5 Å². The second-order valence-corrected chi connectivity index (χ2v) is 6.23. The van der Waals surface area contributed by atoms with Crippen LogP contribution in [0, 0.1) is 0 Å². The van der Waals surface area contributed by atoms with E-state index >= 15 is 0 Å². The first kappa shape index (κ1) is 16.2. The molecule has 0 bridgehead atoms. The number of carbonyl (C=O) groups excluding carboxylic acids is 1. The van der Waals surface area contributed by atoms with Crippen LogP contribution in [0.4, 0.5) is 0 Å². The summed E-state index contributed by atoms with van der Waals surface area (Å²) in [5.41, 5.74) is 11.3. The summed E-state index contributed by atoms with van der Waals surface area (Å²) in [6.07, 6.45) is 0.619. The molecule has 0 N–H and O–H groups in total. The highest BCUT2D eigenvalue weighted by atomic mass is 79.9. The molecule has 2 aromatic rings. The van der Waals surface area contributed by atoms with Gasteiger partial charge in [-0.05, 0) is 28.8 Å². The standard InChI is InChI=1S/C17H14BrN5O/c18-14-8-6-12(7-9-14)15-10-16(13-4-2-1-3-5-13)23(21-15)17(24)11-20-22-19/h1-9,16H,10-11H2/t16-/m0/s1. The zero-order valence-electron chi connectivity index (χ0n) is 12.7. The van der Waals surface area contributed by atoms with Crippen molar-refractivity contribution in [1.82, 2.24) is 5.01 Å². The van der Waals surface area contributed by atoms with Crippen molar-refractivity contribution in [2.45, 2.75) is 12.5 Å². The average Bonchev–Trinajstić information content (AvgIpc) is 3.06. The second-order valence-electron chi connectivity index (χ2n) is 5.31. The molecular weight excluding hydrogens is 370 g/mol. The molecule has 0 spiro atoms. The molecule has 0 fully saturated rings. The van der Waals surface area contributed by atoms with E-state index in [0.717, 1.165) is 21.3 Å². The number of azide groups is 1. The molecule has 1 aliphatic heterocycles. The van der Waals surface area contributed by atoms with Crippen LogP contribution >= 0.6 is 15.9 Å². The van der Waals surface area contributed by atoms with E-state index in [4.69, 9.17) is 5.53 Å². The van der Waals surface area contributed by atoms with E-state index in [9.17, 15) is 4.79 Å². The summed E-state index contributed by atoms with van der Waals surface area (Å²) >= 11 is 3.42. The lowest BCUT2D eigenvalue weighted by atomic mass is 9.98. The van der Waals surface area contributed by atoms with Gasteiger partial charge in [0.05, 0.1) is 11.8 Å². The number of hydrogen-bond donors (Lipinski definition) is 0. The predicted octanol–water partition coefficient (Wildman–Crippen LogP) is 4.44. The van der Waals surface area contributed by atoms with Crippen LogP contribution in [-0.2, 0) is 4.79 Å². The zero-order valence-corrected chi connectivity index (χ0v) is 14.3. The van der Waals surface area contributed by atoms with Crippen LogP contribution in [0.25, 0.3) is 10.4 Å². The zero-order chi connectivity index (χ0) is 16.9. The second kappa shape index (κ2) is 7.29. The lowest BCUT2D eigenvalue weighted by Crippen LogP contribution is -2.28. The largest absolute Gasteiger partial charge is 0.273 e. The molecule has 1 atom stereocenters. The number of nitrogens with zero attached hydrogens (tertiary/aromatic N) is 5. The minimum absolute atomic E-state index is 0.189. The molecule has 2 aromatic carbocycles. The number of rotatable bonds is 4. The van der Waals surface area contributed by atoms with Gasteiger partial charge < -0.3 is 0 Å². The molecule has 0 radical (unpaired) electrons. The number of hydrazone groups is 1. The molecular formula is C17H14BrN5O. The van der Waals surface area contributed by atoms with Crippen molar-refractivity contribution in [2.75, 3.05) is 6.54 Å². The molecule has 6 nitrogen and oxygen atoms in total. The molecule has 0 saturated carbocycles. The molecule has 1 amide bonds. The van der Waals surface area contributed by atoms with Gasteiger partial charge in [-0.15, -0.1) is 0 Å². The molecule has 0 aliphatic carbocycles. The fourth-order valence-electron chi connectivity index (χ4n) is 2.66. The molecule has 120 valence electrons. The summed E-state index contributed by atoms with van der Waals surface area (Å²) < 4.78 is 0.987. The first-order valence-corrected chi connectivity index (χ1v) is 8.19. The van der Waals surface area contributed by atoms with Crippen molar-refractivity contribution in [1.29, 1.82) is 0 Å². The van der Waals surface area contributed by atoms with Gasteiger partial charge in [0.15, 0.2) is 0 Å². The summed E-state index contributed by atoms with van der Waals surface area (Å²) in [5, 5.41) is 9.30. The minimum atomic E-state index is -0.311. The highest BCUT2D eigenvalue weighted by molar-refractivity contribution is 9.10. The topological polar surface area (TPSA) is 81.4 Å². The third kappa shape index (κ3) is 3.48. The lowest BCUT2D eigenvalue weighted by molar-refractivity contribution is -0.131. The van der Waals surface area contributed by atoms with Gasteiger partial charge in [0.1, 0.15) is 6.54 Å². The Kier molecular flexibility index (Phi) is 4.93. The van der Waals surface area contributed by atoms with Crippen molar-refractivity contribution in [3.05, 3.63) is 80.6 Å². The predicted molar refractivity (Wildman–Crippen MR) is 95.3 cm³/mol. The minimum Gasteiger partial charge on any atom is -0.273 e. The van der Waals surface area contributed by atoms with Crippen LogP contribution in [0.1, 0.15) is 23.6 Å². The third-order valence-corrected chi connectivity index (χ3v) is 4.33. The maximum absolute atomic E-state index is 12.4. The van der Waals surface area contributed by atoms with Crippen molar-refractivity contribution < 1.29 is 4.79 Å². The van der Waals surface area contributed by atoms with Crippen molar-refractivity contribution in [3.63, 3.8) is 0 Å². The molecule has 1 heterocycles. The Morgan fingerprint density at radius 3 is 2.62 bits per heavy atom. The van der Waals surface area contributed by atoms with Gasteiger partial charge >= 0.3 is 0 Å². The monoisotopic (exact) mass is 383 g/mol. The van der Waals surface area contributed by atoms with E-state index in [1.54, 1.807) is 0 Å². The number of halogens is 1. The Morgan fingerprint density at radius 2 is 1.96 bits per heavy atom. The van der Waals surface area contributed by atoms with Crippen LogP contribution in [-0.4, -0.2) is 23.2 Å². The fraction of sp³-hybridized carbons (Fsp3) is 0.176. The number of hydrogen-bond acceptors (Lipinski definition) is 3. The van der Waals surface area contributed by atoms with E-state index in [1.165, 1.54) is 5.01 Å². The summed E-state index contributed by atoms with van der Waals surface area (Å²) in [7, 11) is 0.